The van der Waals surface area contributed by atoms with E-state index in [4.69, 9.17) is 9.15 Å². The van der Waals surface area contributed by atoms with Crippen molar-refractivity contribution in [3.63, 3.8) is 0 Å². The van der Waals surface area contributed by atoms with Crippen LogP contribution in [0.15, 0.2) is 51.2 Å². The van der Waals surface area contributed by atoms with Crippen molar-refractivity contribution < 1.29 is 29.6 Å². The van der Waals surface area contributed by atoms with Crippen molar-refractivity contribution in [2.75, 3.05) is 0 Å². The van der Waals surface area contributed by atoms with Crippen LogP contribution in [0.1, 0.15) is 39.2 Å². The Balaban J connectivity index is 1.87. The van der Waals surface area contributed by atoms with E-state index in [9.17, 15) is 25.2 Å². The lowest BCUT2D eigenvalue weighted by molar-refractivity contribution is 0.128. The fourth-order valence-corrected chi connectivity index (χ4v) is 3.76. The number of allylic oxidation sites excluding steroid dienone is 2. The number of benzene rings is 2. The molecule has 2 aromatic carbocycles. The largest absolute Gasteiger partial charge is 0.507 e. The van der Waals surface area contributed by atoms with E-state index in [2.05, 4.69) is 6.08 Å². The zero-order valence-corrected chi connectivity index (χ0v) is 18.0. The second-order valence-electron chi connectivity index (χ2n) is 8.39. The van der Waals surface area contributed by atoms with Crippen molar-refractivity contribution in [3.8, 4) is 40.1 Å². The van der Waals surface area contributed by atoms with E-state index in [-0.39, 0.29) is 33.8 Å². The van der Waals surface area contributed by atoms with E-state index in [0.29, 0.717) is 17.7 Å². The first-order valence-electron chi connectivity index (χ1n) is 10.2. The van der Waals surface area contributed by atoms with Gasteiger partial charge in [-0.15, -0.1) is 0 Å². The Bertz CT molecular complexity index is 1340. The second-order valence-corrected chi connectivity index (χ2v) is 8.39. The highest BCUT2D eigenvalue weighted by molar-refractivity contribution is 5.95. The molecule has 1 aliphatic heterocycles. The lowest BCUT2D eigenvalue weighted by atomic mass is 9.93. The highest BCUT2D eigenvalue weighted by Gasteiger charge is 2.30. The number of fused-ring (bicyclic) bond motifs is 3. The molecule has 2 heterocycles. The summed E-state index contributed by atoms with van der Waals surface area (Å²) < 4.78 is 12.0. The molecule has 3 aromatic rings. The van der Waals surface area contributed by atoms with Gasteiger partial charge in [0, 0.05) is 11.6 Å². The predicted molar refractivity (Wildman–Crippen MR) is 121 cm³/mol. The van der Waals surface area contributed by atoms with Crippen LogP contribution in [-0.2, 0) is 0 Å². The van der Waals surface area contributed by atoms with E-state index in [1.165, 1.54) is 29.8 Å². The topological polar surface area (TPSA) is 120 Å². The molecule has 1 aromatic heterocycles. The molecule has 0 saturated heterocycles. The van der Waals surface area contributed by atoms with Crippen molar-refractivity contribution in [3.05, 3.63) is 57.8 Å². The van der Waals surface area contributed by atoms with Crippen molar-refractivity contribution in [1.82, 2.24) is 0 Å². The number of aromatic hydroxyl groups is 4. The predicted octanol–water partition coefficient (Wildman–Crippen LogP) is 5.19. The van der Waals surface area contributed by atoms with Crippen molar-refractivity contribution in [2.45, 2.75) is 39.2 Å². The van der Waals surface area contributed by atoms with Gasteiger partial charge in [-0.2, -0.15) is 0 Å². The van der Waals surface area contributed by atoms with Gasteiger partial charge in [-0.1, -0.05) is 11.6 Å². The zero-order valence-electron chi connectivity index (χ0n) is 18.0. The minimum absolute atomic E-state index is 0.0490. The smallest absolute Gasteiger partial charge is 0.238 e. The Kier molecular flexibility index (Phi) is 5.12. The molecular weight excluding hydrogens is 412 g/mol. The van der Waals surface area contributed by atoms with Crippen LogP contribution < -0.4 is 10.2 Å². The van der Waals surface area contributed by atoms with Crippen LogP contribution >= 0.6 is 0 Å². The van der Waals surface area contributed by atoms with Crippen LogP contribution in [0.5, 0.6) is 28.7 Å². The Labute approximate surface area is 184 Å². The molecule has 0 spiro atoms. The van der Waals surface area contributed by atoms with Crippen LogP contribution in [0, 0.1) is 0 Å². The minimum Gasteiger partial charge on any atom is -0.507 e. The zero-order chi connectivity index (χ0) is 23.2. The highest BCUT2D eigenvalue weighted by atomic mass is 16.5. The monoisotopic (exact) mass is 436 g/mol. The lowest BCUT2D eigenvalue weighted by Crippen LogP contribution is -2.31. The molecule has 0 amide bonds. The normalized spacial score (nSPS) is 17.1. The van der Waals surface area contributed by atoms with E-state index in [1.807, 2.05) is 26.8 Å². The standard InChI is InChI=1S/C25H24O7/c1-13(2)5-4-9-25(3)10-8-15-19(32-25)12-18(28)20-21(29)22(30)23(31-24(15)20)14-6-7-16(26)17(27)11-14/h5-8,10-12,26-28,30H,4,9H2,1-3H3. The van der Waals surface area contributed by atoms with Gasteiger partial charge in [0.05, 0.1) is 5.56 Å². The van der Waals surface area contributed by atoms with Gasteiger partial charge in [-0.25, -0.2) is 0 Å². The van der Waals surface area contributed by atoms with Crippen molar-refractivity contribution >= 4 is 17.0 Å². The molecule has 1 aliphatic rings. The number of hydrogen-bond acceptors (Lipinski definition) is 7. The molecule has 7 nitrogen and oxygen atoms in total. The molecular formula is C25H24O7. The maximum atomic E-state index is 12.9. The Morgan fingerprint density at radius 2 is 1.81 bits per heavy atom. The number of ether oxygens (including phenoxy) is 1. The Morgan fingerprint density at radius 3 is 2.50 bits per heavy atom. The Hall–Kier alpha value is -3.87. The van der Waals surface area contributed by atoms with E-state index in [0.717, 1.165) is 6.42 Å². The van der Waals surface area contributed by atoms with Gasteiger partial charge in [0.25, 0.3) is 0 Å². The highest BCUT2D eigenvalue weighted by Crippen LogP contribution is 2.43. The summed E-state index contributed by atoms with van der Waals surface area (Å²) in [5.41, 5.74) is 0.473. The molecule has 166 valence electrons. The third-order valence-electron chi connectivity index (χ3n) is 5.50. The summed E-state index contributed by atoms with van der Waals surface area (Å²) in [6.45, 7) is 5.99. The quantitative estimate of drug-likeness (QED) is 0.328. The molecule has 32 heavy (non-hydrogen) atoms. The van der Waals surface area contributed by atoms with Crippen LogP contribution in [0.25, 0.3) is 28.4 Å². The van der Waals surface area contributed by atoms with Gasteiger partial charge in [0.2, 0.25) is 11.2 Å². The number of phenolic OH excluding ortho intramolecular Hbond substituents is 3. The molecule has 4 rings (SSSR count). The lowest BCUT2D eigenvalue weighted by Gasteiger charge is -2.31. The van der Waals surface area contributed by atoms with Gasteiger partial charge in [0.15, 0.2) is 22.8 Å². The minimum atomic E-state index is -0.820. The van der Waals surface area contributed by atoms with E-state index >= 15 is 0 Å². The fraction of sp³-hybridized carbons (Fsp3) is 0.240. The maximum absolute atomic E-state index is 12.9. The third-order valence-corrected chi connectivity index (χ3v) is 5.50. The van der Waals surface area contributed by atoms with Crippen LogP contribution in [0.4, 0.5) is 0 Å². The molecule has 7 heteroatoms. The Morgan fingerprint density at radius 1 is 1.06 bits per heavy atom. The average molecular weight is 436 g/mol. The molecule has 0 fully saturated rings. The van der Waals surface area contributed by atoms with Crippen molar-refractivity contribution in [2.24, 2.45) is 0 Å². The summed E-state index contributed by atoms with van der Waals surface area (Å²) in [6.07, 6.45) is 7.31. The molecule has 0 radical (unpaired) electrons. The van der Waals surface area contributed by atoms with E-state index in [1.54, 1.807) is 6.08 Å². The average Bonchev–Trinajstić information content (AvgIpc) is 2.71. The van der Waals surface area contributed by atoms with Gasteiger partial charge < -0.3 is 29.6 Å². The van der Waals surface area contributed by atoms with Gasteiger partial charge in [-0.3, -0.25) is 4.79 Å². The van der Waals surface area contributed by atoms with Crippen LogP contribution in [-0.4, -0.2) is 26.0 Å². The fourth-order valence-electron chi connectivity index (χ4n) is 3.76. The van der Waals surface area contributed by atoms with Crippen molar-refractivity contribution in [1.29, 1.82) is 0 Å². The number of phenols is 3. The molecule has 0 aliphatic carbocycles. The molecule has 1 atom stereocenters. The van der Waals surface area contributed by atoms with Gasteiger partial charge in [-0.05, 0) is 64.0 Å². The van der Waals surface area contributed by atoms with Crippen LogP contribution in [0.3, 0.4) is 0 Å². The summed E-state index contributed by atoms with van der Waals surface area (Å²) in [5.74, 6) is -1.72. The first-order valence-corrected chi connectivity index (χ1v) is 10.2. The number of rotatable bonds is 4. The second kappa shape index (κ2) is 7.67. The third kappa shape index (κ3) is 3.66. The first-order chi connectivity index (χ1) is 15.1. The maximum Gasteiger partial charge on any atom is 0.238 e. The first kappa shape index (κ1) is 21.4. The molecule has 0 saturated carbocycles. The molecule has 0 bridgehead atoms. The summed E-state index contributed by atoms with van der Waals surface area (Å²) in [6, 6.07) is 5.12. The summed E-state index contributed by atoms with van der Waals surface area (Å²) in [5, 5.41) is 40.2. The summed E-state index contributed by atoms with van der Waals surface area (Å²) in [4.78, 5) is 12.9. The van der Waals surface area contributed by atoms with Gasteiger partial charge >= 0.3 is 0 Å². The van der Waals surface area contributed by atoms with E-state index < -0.39 is 22.5 Å². The summed E-state index contributed by atoms with van der Waals surface area (Å²) in [7, 11) is 0. The van der Waals surface area contributed by atoms with Crippen LogP contribution in [0.2, 0.25) is 0 Å². The molecule has 1 unspecified atom stereocenters. The summed E-state index contributed by atoms with van der Waals surface area (Å²) >= 11 is 0. The SMILES string of the molecule is CC(C)=CCCC1(C)C=Cc2c(cc(O)c3c(=O)c(O)c(-c4ccc(O)c(O)c4)oc23)O1. The molecule has 4 N–H and O–H groups in total. The van der Waals surface area contributed by atoms with Gasteiger partial charge in [0.1, 0.15) is 22.5 Å². The number of hydrogen-bond donors (Lipinski definition) is 4.